The van der Waals surface area contributed by atoms with Gasteiger partial charge in [-0.1, -0.05) is 42.5 Å². The van der Waals surface area contributed by atoms with Gasteiger partial charge in [-0.3, -0.25) is 4.79 Å². The van der Waals surface area contributed by atoms with E-state index in [1.807, 2.05) is 69.3 Å². The van der Waals surface area contributed by atoms with Gasteiger partial charge in [0.2, 0.25) is 5.91 Å². The maximum Gasteiger partial charge on any atom is 0.234 e. The lowest BCUT2D eigenvalue weighted by Crippen LogP contribution is -2.34. The molecule has 0 aliphatic heterocycles. The van der Waals surface area contributed by atoms with Crippen molar-refractivity contribution in [2.75, 3.05) is 5.32 Å². The fourth-order valence-corrected chi connectivity index (χ4v) is 2.20. The van der Waals surface area contributed by atoms with E-state index in [0.717, 1.165) is 22.4 Å². The summed E-state index contributed by atoms with van der Waals surface area (Å²) < 4.78 is 0. The maximum absolute atomic E-state index is 12.6. The number of aryl methyl sites for hydroxylation is 1. The third kappa shape index (κ3) is 3.31. The molecular weight excluding hydrogens is 260 g/mol. The van der Waals surface area contributed by atoms with Crippen molar-refractivity contribution in [2.24, 2.45) is 5.73 Å². The average molecular weight is 282 g/mol. The second-order valence-corrected chi connectivity index (χ2v) is 5.80. The smallest absolute Gasteiger partial charge is 0.234 e. The fraction of sp³-hybridized carbons (Fsp3) is 0.278. The van der Waals surface area contributed by atoms with E-state index in [1.54, 1.807) is 0 Å². The summed E-state index contributed by atoms with van der Waals surface area (Å²) >= 11 is 0. The van der Waals surface area contributed by atoms with Crippen LogP contribution >= 0.6 is 0 Å². The first-order valence-electron chi connectivity index (χ1n) is 7.11. The van der Waals surface area contributed by atoms with Gasteiger partial charge < -0.3 is 11.1 Å². The van der Waals surface area contributed by atoms with Crippen LogP contribution in [0.1, 0.15) is 30.5 Å². The van der Waals surface area contributed by atoms with Gasteiger partial charge in [0, 0.05) is 12.2 Å². The molecule has 0 saturated heterocycles. The van der Waals surface area contributed by atoms with Crippen molar-refractivity contribution in [3.8, 4) is 0 Å². The summed E-state index contributed by atoms with van der Waals surface area (Å²) in [6.07, 6.45) is 0. The number of carbonyl (C=O) groups is 1. The molecule has 0 saturated carbocycles. The normalized spacial score (nSPS) is 11.2. The Morgan fingerprint density at radius 2 is 1.81 bits per heavy atom. The molecule has 0 bridgehead atoms. The monoisotopic (exact) mass is 282 g/mol. The van der Waals surface area contributed by atoms with Gasteiger partial charge in [0.15, 0.2) is 0 Å². The van der Waals surface area contributed by atoms with E-state index < -0.39 is 5.41 Å². The number of amides is 1. The number of anilines is 1. The van der Waals surface area contributed by atoms with Gasteiger partial charge in [0.1, 0.15) is 0 Å². The summed E-state index contributed by atoms with van der Waals surface area (Å²) in [7, 11) is 0. The van der Waals surface area contributed by atoms with Gasteiger partial charge in [0.05, 0.1) is 5.41 Å². The molecule has 3 heteroatoms. The number of carbonyl (C=O) groups excluding carboxylic acids is 1. The summed E-state index contributed by atoms with van der Waals surface area (Å²) in [6, 6.07) is 15.7. The minimum absolute atomic E-state index is 0.0222. The zero-order chi connectivity index (χ0) is 15.5. The molecule has 3 N–H and O–H groups in total. The Morgan fingerprint density at radius 3 is 2.43 bits per heavy atom. The molecule has 0 radical (unpaired) electrons. The van der Waals surface area contributed by atoms with Crippen LogP contribution in [-0.4, -0.2) is 5.91 Å². The van der Waals surface area contributed by atoms with E-state index in [2.05, 4.69) is 5.32 Å². The lowest BCUT2D eigenvalue weighted by atomic mass is 9.83. The first kappa shape index (κ1) is 15.3. The van der Waals surface area contributed by atoms with Crippen LogP contribution in [0, 0.1) is 6.92 Å². The van der Waals surface area contributed by atoms with Crippen LogP contribution in [0.3, 0.4) is 0 Å². The van der Waals surface area contributed by atoms with Crippen molar-refractivity contribution >= 4 is 11.6 Å². The van der Waals surface area contributed by atoms with Crippen molar-refractivity contribution < 1.29 is 4.79 Å². The molecule has 110 valence electrons. The standard InChI is InChI=1S/C18H22N2O/c1-13-9-10-14(12-19)11-16(13)20-17(21)18(2,3)15-7-5-4-6-8-15/h4-11H,12,19H2,1-3H3,(H,20,21). The molecule has 0 fully saturated rings. The SMILES string of the molecule is Cc1ccc(CN)cc1NC(=O)C(C)(C)c1ccccc1. The molecular formula is C18H22N2O. The van der Waals surface area contributed by atoms with E-state index in [9.17, 15) is 4.79 Å². The maximum atomic E-state index is 12.6. The van der Waals surface area contributed by atoms with Crippen LogP contribution < -0.4 is 11.1 Å². The van der Waals surface area contributed by atoms with Crippen molar-refractivity contribution in [1.29, 1.82) is 0 Å². The molecule has 0 aromatic heterocycles. The molecule has 2 aromatic rings. The van der Waals surface area contributed by atoms with Crippen LogP contribution in [-0.2, 0) is 16.8 Å². The molecule has 0 heterocycles. The third-order valence-corrected chi connectivity index (χ3v) is 3.85. The second-order valence-electron chi connectivity index (χ2n) is 5.80. The van der Waals surface area contributed by atoms with E-state index >= 15 is 0 Å². The van der Waals surface area contributed by atoms with Crippen LogP contribution in [0.4, 0.5) is 5.69 Å². The minimum atomic E-state index is -0.591. The van der Waals surface area contributed by atoms with Crippen LogP contribution in [0.15, 0.2) is 48.5 Å². The highest BCUT2D eigenvalue weighted by atomic mass is 16.2. The average Bonchev–Trinajstić information content (AvgIpc) is 2.50. The van der Waals surface area contributed by atoms with Gasteiger partial charge in [-0.2, -0.15) is 0 Å². The Balaban J connectivity index is 2.25. The number of hydrogen-bond donors (Lipinski definition) is 2. The molecule has 2 aromatic carbocycles. The quantitative estimate of drug-likeness (QED) is 0.903. The Kier molecular flexibility index (Phi) is 4.43. The lowest BCUT2D eigenvalue weighted by Gasteiger charge is -2.25. The predicted octanol–water partition coefficient (Wildman–Crippen LogP) is 3.37. The van der Waals surface area contributed by atoms with Crippen LogP contribution in [0.5, 0.6) is 0 Å². The van der Waals surface area contributed by atoms with Gasteiger partial charge in [-0.15, -0.1) is 0 Å². The highest BCUT2D eigenvalue weighted by Gasteiger charge is 2.29. The van der Waals surface area contributed by atoms with E-state index in [0.29, 0.717) is 6.54 Å². The predicted molar refractivity (Wildman–Crippen MR) is 87.2 cm³/mol. The van der Waals surface area contributed by atoms with Crippen LogP contribution in [0.2, 0.25) is 0 Å². The molecule has 0 spiro atoms. The molecule has 0 aliphatic rings. The summed E-state index contributed by atoms with van der Waals surface area (Å²) in [5, 5.41) is 3.03. The largest absolute Gasteiger partial charge is 0.326 e. The number of nitrogens with one attached hydrogen (secondary N) is 1. The Bertz CT molecular complexity index is 633. The number of nitrogens with two attached hydrogens (primary N) is 1. The molecule has 0 unspecified atom stereocenters. The van der Waals surface area contributed by atoms with Crippen LogP contribution in [0.25, 0.3) is 0 Å². The molecule has 2 rings (SSSR count). The molecule has 21 heavy (non-hydrogen) atoms. The van der Waals surface area contributed by atoms with Crippen molar-refractivity contribution in [3.63, 3.8) is 0 Å². The topological polar surface area (TPSA) is 55.1 Å². The van der Waals surface area contributed by atoms with E-state index in [1.165, 1.54) is 0 Å². The molecule has 3 nitrogen and oxygen atoms in total. The van der Waals surface area contributed by atoms with Crippen molar-refractivity contribution in [3.05, 3.63) is 65.2 Å². The molecule has 0 aliphatic carbocycles. The van der Waals surface area contributed by atoms with E-state index in [-0.39, 0.29) is 5.91 Å². The highest BCUT2D eigenvalue weighted by molar-refractivity contribution is 5.99. The Morgan fingerprint density at radius 1 is 1.14 bits per heavy atom. The molecule has 0 atom stereocenters. The first-order chi connectivity index (χ1) is 9.95. The van der Waals surface area contributed by atoms with E-state index in [4.69, 9.17) is 5.73 Å². The zero-order valence-corrected chi connectivity index (χ0v) is 12.8. The molecule has 1 amide bonds. The number of benzene rings is 2. The highest BCUT2D eigenvalue weighted by Crippen LogP contribution is 2.26. The minimum Gasteiger partial charge on any atom is -0.326 e. The van der Waals surface area contributed by atoms with Gasteiger partial charge >= 0.3 is 0 Å². The van der Waals surface area contributed by atoms with Gasteiger partial charge in [-0.05, 0) is 43.5 Å². The summed E-state index contributed by atoms with van der Waals surface area (Å²) in [6.45, 7) is 6.30. The Hall–Kier alpha value is -2.13. The van der Waals surface area contributed by atoms with Gasteiger partial charge in [0.25, 0.3) is 0 Å². The zero-order valence-electron chi connectivity index (χ0n) is 12.8. The lowest BCUT2D eigenvalue weighted by molar-refractivity contribution is -0.120. The number of rotatable bonds is 4. The third-order valence-electron chi connectivity index (χ3n) is 3.85. The number of hydrogen-bond acceptors (Lipinski definition) is 2. The van der Waals surface area contributed by atoms with Crippen molar-refractivity contribution in [2.45, 2.75) is 32.7 Å². The first-order valence-corrected chi connectivity index (χ1v) is 7.11. The van der Waals surface area contributed by atoms with Gasteiger partial charge in [-0.25, -0.2) is 0 Å². The van der Waals surface area contributed by atoms with Crippen molar-refractivity contribution in [1.82, 2.24) is 0 Å². The Labute approximate surface area is 126 Å². The fourth-order valence-electron chi connectivity index (χ4n) is 2.20. The summed E-state index contributed by atoms with van der Waals surface area (Å²) in [5.74, 6) is -0.0222. The summed E-state index contributed by atoms with van der Waals surface area (Å²) in [5.41, 5.74) is 8.93. The summed E-state index contributed by atoms with van der Waals surface area (Å²) in [4.78, 5) is 12.6. The second kappa shape index (κ2) is 6.10.